The zero-order chi connectivity index (χ0) is 26.6. The number of hydrogen-bond acceptors (Lipinski definition) is 3. The molecule has 0 amide bonds. The van der Waals surface area contributed by atoms with Crippen LogP contribution in [0.1, 0.15) is 30.0 Å². The molecular weight excluding hydrogens is 623 g/mol. The zero-order valence-electron chi connectivity index (χ0n) is 21.5. The van der Waals surface area contributed by atoms with Crippen LogP contribution in [0.25, 0.3) is 0 Å². The van der Waals surface area contributed by atoms with Crippen molar-refractivity contribution in [3.05, 3.63) is 151 Å². The summed E-state index contributed by atoms with van der Waals surface area (Å²) in [6.07, 6.45) is 15.5. The minimum atomic E-state index is 0. The van der Waals surface area contributed by atoms with Gasteiger partial charge in [0.05, 0.1) is 0 Å². The van der Waals surface area contributed by atoms with Crippen molar-refractivity contribution < 1.29 is 41.2 Å². The van der Waals surface area contributed by atoms with E-state index >= 15 is 0 Å². The number of benzene rings is 3. The third-order valence-corrected chi connectivity index (χ3v) is 4.88. The number of para-hydroxylation sites is 3. The van der Waals surface area contributed by atoms with Crippen molar-refractivity contribution in [3.63, 3.8) is 0 Å². The SMILES string of the molecule is C=CCc1ccccc1[O-].C=CCc1ccccc1[O-].C=CCc1ccccc1[O-].CC1=[C-]CC=C1.[Hf+4]. The van der Waals surface area contributed by atoms with E-state index in [1.54, 1.807) is 54.6 Å². The average molecular weight is 657 g/mol. The largest absolute Gasteiger partial charge is 4.00 e. The molecular formula is C33H34HfO3. The Morgan fingerprint density at radius 1 is 0.649 bits per heavy atom. The standard InChI is InChI=1S/3C9H10O.C6H7.Hf/c3*1-2-5-8-6-3-4-7-9(8)10;1-6-4-2-3-5-6;/h3*2-4,6-7,10H,1,5H2;2,4H,3H2,1H3;/q;;;-1;+4/p-3. The summed E-state index contributed by atoms with van der Waals surface area (Å²) in [6, 6.07) is 21.0. The van der Waals surface area contributed by atoms with Crippen LogP contribution in [-0.4, -0.2) is 0 Å². The Morgan fingerprint density at radius 3 is 1.16 bits per heavy atom. The predicted octanol–water partition coefficient (Wildman–Crippen LogP) is 6.16. The first kappa shape index (κ1) is 33.6. The van der Waals surface area contributed by atoms with E-state index in [-0.39, 0.29) is 43.1 Å². The number of rotatable bonds is 6. The van der Waals surface area contributed by atoms with Gasteiger partial charge in [0.25, 0.3) is 0 Å². The first-order valence-electron chi connectivity index (χ1n) is 11.7. The van der Waals surface area contributed by atoms with Crippen LogP contribution in [0, 0.1) is 6.08 Å². The van der Waals surface area contributed by atoms with Crippen LogP contribution in [-0.2, 0) is 45.1 Å². The van der Waals surface area contributed by atoms with Crippen LogP contribution in [0.15, 0.2) is 128 Å². The van der Waals surface area contributed by atoms with Crippen molar-refractivity contribution in [1.29, 1.82) is 0 Å². The molecule has 188 valence electrons. The summed E-state index contributed by atoms with van der Waals surface area (Å²) in [7, 11) is 0. The average Bonchev–Trinajstić information content (AvgIpc) is 3.36. The van der Waals surface area contributed by atoms with E-state index in [0.29, 0.717) is 19.3 Å². The van der Waals surface area contributed by atoms with Crippen LogP contribution in [0.2, 0.25) is 0 Å². The molecule has 1 aliphatic carbocycles. The molecule has 3 aromatic rings. The molecule has 0 saturated carbocycles. The van der Waals surface area contributed by atoms with Gasteiger partial charge in [-0.05, 0) is 19.3 Å². The Bertz CT molecular complexity index is 1020. The molecule has 1 aliphatic rings. The second-order valence-electron chi connectivity index (χ2n) is 7.77. The fraction of sp³-hybridized carbons (Fsp3) is 0.152. The maximum Gasteiger partial charge on any atom is 4.00 e. The Kier molecular flexibility index (Phi) is 18.9. The summed E-state index contributed by atoms with van der Waals surface area (Å²) < 4.78 is 0. The topological polar surface area (TPSA) is 69.2 Å². The van der Waals surface area contributed by atoms with E-state index in [1.807, 2.05) is 36.4 Å². The molecule has 0 atom stereocenters. The normalized spacial score (nSPS) is 10.5. The first-order valence-corrected chi connectivity index (χ1v) is 11.7. The maximum atomic E-state index is 11.0. The van der Waals surface area contributed by atoms with Gasteiger partial charge in [-0.15, -0.1) is 43.4 Å². The van der Waals surface area contributed by atoms with E-state index in [9.17, 15) is 15.3 Å². The summed E-state index contributed by atoms with van der Waals surface area (Å²) in [5.41, 5.74) is 3.72. The third kappa shape index (κ3) is 14.7. The summed E-state index contributed by atoms with van der Waals surface area (Å²) in [5, 5.41) is 32.9. The van der Waals surface area contributed by atoms with E-state index < -0.39 is 0 Å². The van der Waals surface area contributed by atoms with Gasteiger partial charge >= 0.3 is 25.8 Å². The molecule has 0 fully saturated rings. The molecule has 4 rings (SSSR count). The molecule has 0 saturated heterocycles. The summed E-state index contributed by atoms with van der Waals surface area (Å²) in [5.74, 6) is 0.298. The van der Waals surface area contributed by atoms with Gasteiger partial charge in [0, 0.05) is 0 Å². The van der Waals surface area contributed by atoms with Gasteiger partial charge in [0.1, 0.15) is 0 Å². The fourth-order valence-electron chi connectivity index (χ4n) is 3.00. The molecule has 0 aliphatic heterocycles. The Balaban J connectivity index is 0.000000470. The second kappa shape index (κ2) is 20.8. The molecule has 0 unspecified atom stereocenters. The molecule has 0 spiro atoms. The van der Waals surface area contributed by atoms with Crippen LogP contribution < -0.4 is 15.3 Å². The monoisotopic (exact) mass is 658 g/mol. The van der Waals surface area contributed by atoms with Crippen molar-refractivity contribution in [2.45, 2.75) is 32.6 Å². The third-order valence-electron chi connectivity index (χ3n) is 4.88. The van der Waals surface area contributed by atoms with E-state index in [0.717, 1.165) is 23.1 Å². The summed E-state index contributed by atoms with van der Waals surface area (Å²) >= 11 is 0. The molecule has 0 radical (unpaired) electrons. The smallest absolute Gasteiger partial charge is 0.872 e. The van der Waals surface area contributed by atoms with Crippen LogP contribution in [0.4, 0.5) is 0 Å². The van der Waals surface area contributed by atoms with Gasteiger partial charge < -0.3 is 15.3 Å². The van der Waals surface area contributed by atoms with Crippen molar-refractivity contribution in [1.82, 2.24) is 0 Å². The van der Waals surface area contributed by atoms with E-state index in [1.165, 1.54) is 5.57 Å². The van der Waals surface area contributed by atoms with Crippen molar-refractivity contribution in [3.8, 4) is 17.2 Å². The van der Waals surface area contributed by atoms with Crippen molar-refractivity contribution >= 4 is 0 Å². The van der Waals surface area contributed by atoms with Gasteiger partial charge in [-0.25, -0.2) is 11.6 Å². The molecule has 37 heavy (non-hydrogen) atoms. The molecule has 0 aromatic heterocycles. The number of hydrogen-bond donors (Lipinski definition) is 0. The maximum absolute atomic E-state index is 11.0. The van der Waals surface area contributed by atoms with Crippen LogP contribution >= 0.6 is 0 Å². The molecule has 0 N–H and O–H groups in total. The van der Waals surface area contributed by atoms with Gasteiger partial charge in [-0.1, -0.05) is 115 Å². The van der Waals surface area contributed by atoms with Gasteiger partial charge in [-0.2, -0.15) is 6.08 Å². The molecule has 3 aromatic carbocycles. The molecule has 4 heteroatoms. The van der Waals surface area contributed by atoms with Gasteiger partial charge in [0.15, 0.2) is 0 Å². The Labute approximate surface area is 241 Å². The first-order chi connectivity index (χ1) is 17.4. The number of allylic oxidation sites excluding steroid dienone is 7. The summed E-state index contributed by atoms with van der Waals surface area (Å²) in [6.45, 7) is 12.7. The minimum Gasteiger partial charge on any atom is -0.872 e. The minimum absolute atomic E-state index is 0. The van der Waals surface area contributed by atoms with Gasteiger partial charge in [0.2, 0.25) is 0 Å². The van der Waals surface area contributed by atoms with Crippen LogP contribution in [0.3, 0.4) is 0 Å². The van der Waals surface area contributed by atoms with Crippen molar-refractivity contribution in [2.24, 2.45) is 0 Å². The van der Waals surface area contributed by atoms with Crippen LogP contribution in [0.5, 0.6) is 17.2 Å². The fourth-order valence-corrected chi connectivity index (χ4v) is 3.00. The Hall–Kier alpha value is -3.37. The predicted molar refractivity (Wildman–Crippen MR) is 146 cm³/mol. The Morgan fingerprint density at radius 2 is 0.973 bits per heavy atom. The summed E-state index contributed by atoms with van der Waals surface area (Å²) in [4.78, 5) is 0. The molecule has 0 heterocycles. The molecule has 0 bridgehead atoms. The quantitative estimate of drug-likeness (QED) is 0.181. The van der Waals surface area contributed by atoms with Gasteiger partial charge in [-0.3, -0.25) is 6.08 Å². The molecule has 3 nitrogen and oxygen atoms in total. The van der Waals surface area contributed by atoms with Crippen molar-refractivity contribution in [2.75, 3.05) is 0 Å². The van der Waals surface area contributed by atoms with E-state index in [4.69, 9.17) is 0 Å². The second-order valence-corrected chi connectivity index (χ2v) is 7.77. The van der Waals surface area contributed by atoms with E-state index in [2.05, 4.69) is 44.9 Å². The zero-order valence-corrected chi connectivity index (χ0v) is 25.1.